The van der Waals surface area contributed by atoms with E-state index >= 15 is 0 Å². The summed E-state index contributed by atoms with van der Waals surface area (Å²) in [6, 6.07) is 12.1. The van der Waals surface area contributed by atoms with Crippen LogP contribution in [0.3, 0.4) is 0 Å². The van der Waals surface area contributed by atoms with Gasteiger partial charge in [0.2, 0.25) is 17.7 Å². The van der Waals surface area contributed by atoms with Crippen LogP contribution in [0.4, 0.5) is 17.1 Å². The van der Waals surface area contributed by atoms with E-state index in [0.717, 1.165) is 0 Å². The SMILES string of the molecule is COc1ccc(NC(=O)C2CC(=O)N(c3cccc(NC(C)=O)c3)C2)c(OC)c1. The first-order valence-corrected chi connectivity index (χ1v) is 9.12. The average molecular weight is 397 g/mol. The van der Waals surface area contributed by atoms with E-state index in [2.05, 4.69) is 10.6 Å². The number of carbonyl (C=O) groups excluding carboxylic acids is 3. The highest BCUT2D eigenvalue weighted by atomic mass is 16.5. The van der Waals surface area contributed by atoms with Crippen LogP contribution < -0.4 is 25.0 Å². The second-order valence-corrected chi connectivity index (χ2v) is 6.69. The molecule has 8 heteroatoms. The lowest BCUT2D eigenvalue weighted by Gasteiger charge is -2.18. The molecule has 0 radical (unpaired) electrons. The van der Waals surface area contributed by atoms with E-state index in [9.17, 15) is 14.4 Å². The number of methoxy groups -OCH3 is 2. The summed E-state index contributed by atoms with van der Waals surface area (Å²) < 4.78 is 10.5. The Hall–Kier alpha value is -3.55. The molecule has 8 nitrogen and oxygen atoms in total. The first-order valence-electron chi connectivity index (χ1n) is 9.12. The molecule has 1 heterocycles. The number of rotatable bonds is 6. The Morgan fingerprint density at radius 3 is 2.55 bits per heavy atom. The van der Waals surface area contributed by atoms with Crippen molar-refractivity contribution in [3.8, 4) is 11.5 Å². The fourth-order valence-electron chi connectivity index (χ4n) is 3.22. The highest BCUT2D eigenvalue weighted by Crippen LogP contribution is 2.31. The van der Waals surface area contributed by atoms with Gasteiger partial charge in [0, 0.05) is 37.3 Å². The maximum Gasteiger partial charge on any atom is 0.229 e. The van der Waals surface area contributed by atoms with Crippen LogP contribution in [-0.2, 0) is 14.4 Å². The Morgan fingerprint density at radius 2 is 1.86 bits per heavy atom. The van der Waals surface area contributed by atoms with Crippen LogP contribution in [0.15, 0.2) is 42.5 Å². The number of ether oxygens (including phenoxy) is 2. The standard InChI is InChI=1S/C21H23N3O5/c1-13(25)22-15-5-4-6-16(10-15)24-12-14(9-20(24)26)21(27)23-18-8-7-17(28-2)11-19(18)29-3/h4-8,10-11,14H,9,12H2,1-3H3,(H,22,25)(H,23,27). The van der Waals surface area contributed by atoms with Gasteiger partial charge in [-0.15, -0.1) is 0 Å². The van der Waals surface area contributed by atoms with Crippen molar-refractivity contribution >= 4 is 34.8 Å². The van der Waals surface area contributed by atoms with E-state index in [0.29, 0.717) is 28.6 Å². The molecule has 1 aliphatic heterocycles. The smallest absolute Gasteiger partial charge is 0.229 e. The van der Waals surface area contributed by atoms with Gasteiger partial charge in [-0.3, -0.25) is 14.4 Å². The third-order valence-corrected chi connectivity index (χ3v) is 4.64. The van der Waals surface area contributed by atoms with E-state index in [1.54, 1.807) is 54.5 Å². The van der Waals surface area contributed by atoms with E-state index in [1.165, 1.54) is 14.0 Å². The Balaban J connectivity index is 1.72. The first-order chi connectivity index (χ1) is 13.9. The van der Waals surface area contributed by atoms with Crippen LogP contribution in [0.2, 0.25) is 0 Å². The molecule has 2 aromatic rings. The van der Waals surface area contributed by atoms with Crippen molar-refractivity contribution in [2.45, 2.75) is 13.3 Å². The second kappa shape index (κ2) is 8.64. The van der Waals surface area contributed by atoms with Gasteiger partial charge in [0.1, 0.15) is 11.5 Å². The van der Waals surface area contributed by atoms with Crippen LogP contribution in [0.25, 0.3) is 0 Å². The molecule has 152 valence electrons. The van der Waals surface area contributed by atoms with Crippen LogP contribution in [-0.4, -0.2) is 38.5 Å². The normalized spacial score (nSPS) is 15.8. The molecule has 0 aromatic heterocycles. The third-order valence-electron chi connectivity index (χ3n) is 4.64. The van der Waals surface area contributed by atoms with Crippen molar-refractivity contribution in [2.24, 2.45) is 5.92 Å². The molecule has 3 rings (SSSR count). The molecule has 1 unspecified atom stereocenters. The molecule has 0 saturated carbocycles. The summed E-state index contributed by atoms with van der Waals surface area (Å²) in [6.07, 6.45) is 0.106. The highest BCUT2D eigenvalue weighted by Gasteiger charge is 2.35. The Kier molecular flexibility index (Phi) is 6.01. The lowest BCUT2D eigenvalue weighted by atomic mass is 10.1. The van der Waals surface area contributed by atoms with Crippen molar-refractivity contribution < 1.29 is 23.9 Å². The predicted octanol–water partition coefficient (Wildman–Crippen LogP) is 2.65. The van der Waals surface area contributed by atoms with Gasteiger partial charge in [-0.1, -0.05) is 6.07 Å². The van der Waals surface area contributed by atoms with Gasteiger partial charge in [-0.05, 0) is 30.3 Å². The number of anilines is 3. The summed E-state index contributed by atoms with van der Waals surface area (Å²) in [5.41, 5.74) is 1.74. The van der Waals surface area contributed by atoms with Crippen molar-refractivity contribution in [2.75, 3.05) is 36.3 Å². The van der Waals surface area contributed by atoms with Crippen molar-refractivity contribution in [3.05, 3.63) is 42.5 Å². The summed E-state index contributed by atoms with van der Waals surface area (Å²) in [7, 11) is 3.06. The minimum Gasteiger partial charge on any atom is -0.497 e. The van der Waals surface area contributed by atoms with Crippen molar-refractivity contribution in [3.63, 3.8) is 0 Å². The van der Waals surface area contributed by atoms with Crippen LogP contribution >= 0.6 is 0 Å². The monoisotopic (exact) mass is 397 g/mol. The maximum absolute atomic E-state index is 12.7. The largest absolute Gasteiger partial charge is 0.497 e. The van der Waals surface area contributed by atoms with E-state index in [-0.39, 0.29) is 30.7 Å². The van der Waals surface area contributed by atoms with Crippen LogP contribution in [0, 0.1) is 5.92 Å². The molecule has 3 amide bonds. The lowest BCUT2D eigenvalue weighted by Crippen LogP contribution is -2.28. The van der Waals surface area contributed by atoms with Gasteiger partial charge in [-0.25, -0.2) is 0 Å². The minimum absolute atomic E-state index is 0.106. The Morgan fingerprint density at radius 1 is 1.07 bits per heavy atom. The third kappa shape index (κ3) is 4.66. The summed E-state index contributed by atoms with van der Waals surface area (Å²) in [4.78, 5) is 38.0. The molecule has 0 spiro atoms. The predicted molar refractivity (Wildman–Crippen MR) is 109 cm³/mol. The van der Waals surface area contributed by atoms with Gasteiger partial charge in [0.05, 0.1) is 25.8 Å². The molecule has 1 saturated heterocycles. The van der Waals surface area contributed by atoms with E-state index in [1.807, 2.05) is 0 Å². The zero-order valence-corrected chi connectivity index (χ0v) is 16.5. The summed E-state index contributed by atoms with van der Waals surface area (Å²) in [5, 5.41) is 5.52. The van der Waals surface area contributed by atoms with Crippen molar-refractivity contribution in [1.82, 2.24) is 0 Å². The van der Waals surface area contributed by atoms with Crippen LogP contribution in [0.5, 0.6) is 11.5 Å². The highest BCUT2D eigenvalue weighted by molar-refractivity contribution is 6.04. The maximum atomic E-state index is 12.7. The number of hydrogen-bond acceptors (Lipinski definition) is 5. The van der Waals surface area contributed by atoms with E-state index in [4.69, 9.17) is 9.47 Å². The molecule has 0 bridgehead atoms. The topological polar surface area (TPSA) is 97.0 Å². The quantitative estimate of drug-likeness (QED) is 0.781. The van der Waals surface area contributed by atoms with Crippen molar-refractivity contribution in [1.29, 1.82) is 0 Å². The molecular weight excluding hydrogens is 374 g/mol. The molecule has 0 aliphatic carbocycles. The number of benzene rings is 2. The molecule has 1 atom stereocenters. The van der Waals surface area contributed by atoms with Gasteiger partial charge in [0.25, 0.3) is 0 Å². The average Bonchev–Trinajstić information content (AvgIpc) is 3.10. The summed E-state index contributed by atoms with van der Waals surface area (Å²) in [5.74, 6) is -0.0171. The number of hydrogen-bond donors (Lipinski definition) is 2. The Bertz CT molecular complexity index is 944. The first kappa shape index (κ1) is 20.2. The molecule has 1 aliphatic rings. The second-order valence-electron chi connectivity index (χ2n) is 6.69. The summed E-state index contributed by atoms with van der Waals surface area (Å²) >= 11 is 0. The lowest BCUT2D eigenvalue weighted by molar-refractivity contribution is -0.122. The van der Waals surface area contributed by atoms with Gasteiger partial charge >= 0.3 is 0 Å². The number of amides is 3. The summed E-state index contributed by atoms with van der Waals surface area (Å²) in [6.45, 7) is 1.67. The molecular formula is C21H23N3O5. The van der Waals surface area contributed by atoms with Gasteiger partial charge < -0.3 is 25.0 Å². The minimum atomic E-state index is -0.501. The fourth-order valence-corrected chi connectivity index (χ4v) is 3.22. The van der Waals surface area contributed by atoms with E-state index < -0.39 is 5.92 Å². The van der Waals surface area contributed by atoms with Crippen LogP contribution in [0.1, 0.15) is 13.3 Å². The molecule has 2 aromatic carbocycles. The Labute approximate surface area is 168 Å². The van der Waals surface area contributed by atoms with Gasteiger partial charge in [0.15, 0.2) is 0 Å². The number of nitrogens with one attached hydrogen (secondary N) is 2. The number of carbonyl (C=O) groups is 3. The molecule has 1 fully saturated rings. The fraction of sp³-hybridized carbons (Fsp3) is 0.286. The zero-order valence-electron chi connectivity index (χ0n) is 16.5. The zero-order chi connectivity index (χ0) is 21.0. The van der Waals surface area contributed by atoms with Gasteiger partial charge in [-0.2, -0.15) is 0 Å². The molecule has 2 N–H and O–H groups in total. The number of nitrogens with zero attached hydrogens (tertiary/aromatic N) is 1. The molecule has 29 heavy (non-hydrogen) atoms.